The van der Waals surface area contributed by atoms with Gasteiger partial charge in [-0.3, -0.25) is 10.1 Å². The highest BCUT2D eigenvalue weighted by molar-refractivity contribution is 5.78. The fraction of sp³-hybridized carbons (Fsp3) is 0.174. The summed E-state index contributed by atoms with van der Waals surface area (Å²) < 4.78 is 13.0. The quantitative estimate of drug-likeness (QED) is 0.655. The maximum absolute atomic E-state index is 13.0. The molecule has 0 fully saturated rings. The molecule has 0 radical (unpaired) electrons. The second kappa shape index (κ2) is 9.10. The monoisotopic (exact) mass is 362 g/mol. The molecule has 138 valence electrons. The van der Waals surface area contributed by atoms with Crippen molar-refractivity contribution in [1.29, 1.82) is 0 Å². The third-order valence-corrected chi connectivity index (χ3v) is 4.48. The summed E-state index contributed by atoms with van der Waals surface area (Å²) in [4.78, 5) is 12.4. The first-order chi connectivity index (χ1) is 13.1. The molecule has 0 aliphatic carbocycles. The molecule has 2 N–H and O–H groups in total. The Morgan fingerprint density at radius 1 is 0.815 bits per heavy atom. The summed E-state index contributed by atoms with van der Waals surface area (Å²) in [5.41, 5.74) is 3.07. The average Bonchev–Trinajstić information content (AvgIpc) is 2.70. The number of hydrogen-bond acceptors (Lipinski definition) is 2. The molecule has 3 aromatic carbocycles. The van der Waals surface area contributed by atoms with E-state index < -0.39 is 0 Å². The topological polar surface area (TPSA) is 41.1 Å². The molecule has 3 rings (SSSR count). The highest BCUT2D eigenvalue weighted by Crippen LogP contribution is 2.21. The van der Waals surface area contributed by atoms with Gasteiger partial charge in [0.05, 0.1) is 18.6 Å². The molecule has 1 atom stereocenters. The van der Waals surface area contributed by atoms with Gasteiger partial charge in [-0.25, -0.2) is 4.39 Å². The highest BCUT2D eigenvalue weighted by Gasteiger charge is 2.16. The number of benzene rings is 3. The van der Waals surface area contributed by atoms with Crippen molar-refractivity contribution in [3.8, 4) is 0 Å². The van der Waals surface area contributed by atoms with Gasteiger partial charge in [0, 0.05) is 0 Å². The first kappa shape index (κ1) is 18.8. The molecule has 0 unspecified atom stereocenters. The predicted molar refractivity (Wildman–Crippen MR) is 106 cm³/mol. The van der Waals surface area contributed by atoms with Crippen molar-refractivity contribution >= 4 is 5.91 Å². The molecule has 4 heteroatoms. The molecular formula is C23H23FN2O. The first-order valence-electron chi connectivity index (χ1n) is 9.01. The maximum atomic E-state index is 13.0. The molecule has 3 nitrogen and oxygen atoms in total. The smallest absolute Gasteiger partial charge is 0.234 e. The van der Waals surface area contributed by atoms with Gasteiger partial charge in [0.1, 0.15) is 5.82 Å². The van der Waals surface area contributed by atoms with E-state index in [0.717, 1.165) is 16.7 Å². The SMILES string of the molecule is C[C@@H](NC(=O)CNC(c1ccccc1)c1ccccc1)c1ccc(F)cc1. The summed E-state index contributed by atoms with van der Waals surface area (Å²) in [5, 5.41) is 6.30. The first-order valence-corrected chi connectivity index (χ1v) is 9.01. The summed E-state index contributed by atoms with van der Waals surface area (Å²) in [5.74, 6) is -0.392. The number of nitrogens with one attached hydrogen (secondary N) is 2. The van der Waals surface area contributed by atoms with E-state index in [1.54, 1.807) is 12.1 Å². The molecule has 0 aliphatic rings. The van der Waals surface area contributed by atoms with Crippen LogP contribution >= 0.6 is 0 Å². The minimum absolute atomic E-state index is 0.0701. The fourth-order valence-corrected chi connectivity index (χ4v) is 3.04. The molecule has 27 heavy (non-hydrogen) atoms. The van der Waals surface area contributed by atoms with Crippen LogP contribution in [-0.2, 0) is 4.79 Å². The molecule has 0 spiro atoms. The van der Waals surface area contributed by atoms with Crippen LogP contribution in [0.2, 0.25) is 0 Å². The lowest BCUT2D eigenvalue weighted by Crippen LogP contribution is -2.37. The Morgan fingerprint density at radius 2 is 1.33 bits per heavy atom. The van der Waals surface area contributed by atoms with E-state index >= 15 is 0 Å². The van der Waals surface area contributed by atoms with Gasteiger partial charge in [-0.15, -0.1) is 0 Å². The Hall–Kier alpha value is -2.98. The third kappa shape index (κ3) is 5.25. The zero-order valence-electron chi connectivity index (χ0n) is 15.2. The molecule has 0 saturated heterocycles. The number of amides is 1. The predicted octanol–water partition coefficient (Wildman–Crippen LogP) is 4.38. The van der Waals surface area contributed by atoms with Gasteiger partial charge in [0.2, 0.25) is 5.91 Å². The van der Waals surface area contributed by atoms with Gasteiger partial charge < -0.3 is 5.32 Å². The second-order valence-electron chi connectivity index (χ2n) is 6.48. The van der Waals surface area contributed by atoms with E-state index in [0.29, 0.717) is 0 Å². The summed E-state index contributed by atoms with van der Waals surface area (Å²) in [6.45, 7) is 2.07. The van der Waals surface area contributed by atoms with Crippen molar-refractivity contribution in [1.82, 2.24) is 10.6 Å². The normalized spacial score (nSPS) is 12.0. The average molecular weight is 362 g/mol. The van der Waals surface area contributed by atoms with Crippen LogP contribution < -0.4 is 10.6 Å². The molecule has 1 amide bonds. The number of hydrogen-bond donors (Lipinski definition) is 2. The van der Waals surface area contributed by atoms with E-state index in [1.807, 2.05) is 67.6 Å². The maximum Gasteiger partial charge on any atom is 0.234 e. The van der Waals surface area contributed by atoms with Gasteiger partial charge in [0.25, 0.3) is 0 Å². The zero-order chi connectivity index (χ0) is 19.1. The van der Waals surface area contributed by atoms with Crippen molar-refractivity contribution in [2.24, 2.45) is 0 Å². The Labute approximate surface area is 159 Å². The van der Waals surface area contributed by atoms with Crippen molar-refractivity contribution in [3.05, 3.63) is 107 Å². The molecular weight excluding hydrogens is 339 g/mol. The van der Waals surface area contributed by atoms with Gasteiger partial charge in [-0.2, -0.15) is 0 Å². The van der Waals surface area contributed by atoms with E-state index in [1.165, 1.54) is 12.1 Å². The number of rotatable bonds is 7. The van der Waals surface area contributed by atoms with Crippen molar-refractivity contribution in [2.75, 3.05) is 6.54 Å². The van der Waals surface area contributed by atoms with Crippen molar-refractivity contribution in [2.45, 2.75) is 19.0 Å². The van der Waals surface area contributed by atoms with Gasteiger partial charge in [0.15, 0.2) is 0 Å². The standard InChI is InChI=1S/C23H23FN2O/c1-17(18-12-14-21(24)15-13-18)26-22(27)16-25-23(19-8-4-2-5-9-19)20-10-6-3-7-11-20/h2-15,17,23,25H,16H2,1H3,(H,26,27)/t17-/m1/s1. The molecule has 0 bridgehead atoms. The molecule has 0 aliphatic heterocycles. The molecule has 0 heterocycles. The molecule has 3 aromatic rings. The zero-order valence-corrected chi connectivity index (χ0v) is 15.2. The third-order valence-electron chi connectivity index (χ3n) is 4.48. The van der Waals surface area contributed by atoms with Crippen molar-refractivity contribution < 1.29 is 9.18 Å². The lowest BCUT2D eigenvalue weighted by molar-refractivity contribution is -0.121. The van der Waals surface area contributed by atoms with Gasteiger partial charge in [-0.1, -0.05) is 72.8 Å². The van der Waals surface area contributed by atoms with Crippen LogP contribution in [0.15, 0.2) is 84.9 Å². The highest BCUT2D eigenvalue weighted by atomic mass is 19.1. The fourth-order valence-electron chi connectivity index (χ4n) is 3.04. The molecule has 0 aromatic heterocycles. The lowest BCUT2D eigenvalue weighted by atomic mass is 9.99. The van der Waals surface area contributed by atoms with Crippen LogP contribution in [0.4, 0.5) is 4.39 Å². The summed E-state index contributed by atoms with van der Waals surface area (Å²) >= 11 is 0. The molecule has 0 saturated carbocycles. The van der Waals surface area contributed by atoms with Crippen LogP contribution in [0.3, 0.4) is 0 Å². The van der Waals surface area contributed by atoms with E-state index in [2.05, 4.69) is 10.6 Å². The van der Waals surface area contributed by atoms with Gasteiger partial charge >= 0.3 is 0 Å². The van der Waals surface area contributed by atoms with Gasteiger partial charge in [-0.05, 0) is 35.7 Å². The Bertz CT molecular complexity index is 811. The minimum atomic E-state index is -0.285. The van der Waals surface area contributed by atoms with Crippen molar-refractivity contribution in [3.63, 3.8) is 0 Å². The second-order valence-corrected chi connectivity index (χ2v) is 6.48. The Balaban J connectivity index is 1.64. The number of carbonyl (C=O) groups is 1. The van der Waals surface area contributed by atoms with E-state index in [-0.39, 0.29) is 30.4 Å². The largest absolute Gasteiger partial charge is 0.348 e. The van der Waals surface area contributed by atoms with E-state index in [4.69, 9.17) is 0 Å². The van der Waals surface area contributed by atoms with Crippen LogP contribution in [0, 0.1) is 5.82 Å². The number of halogens is 1. The Kier molecular flexibility index (Phi) is 6.34. The minimum Gasteiger partial charge on any atom is -0.348 e. The summed E-state index contributed by atoms with van der Waals surface area (Å²) in [7, 11) is 0. The lowest BCUT2D eigenvalue weighted by Gasteiger charge is -2.21. The summed E-state index contributed by atoms with van der Waals surface area (Å²) in [6, 6.07) is 26.0. The number of carbonyl (C=O) groups excluding carboxylic acids is 1. The van der Waals surface area contributed by atoms with E-state index in [9.17, 15) is 9.18 Å². The van der Waals surface area contributed by atoms with Crippen LogP contribution in [-0.4, -0.2) is 12.5 Å². The summed E-state index contributed by atoms with van der Waals surface area (Å²) in [6.07, 6.45) is 0. The Morgan fingerprint density at radius 3 is 1.85 bits per heavy atom. The van der Waals surface area contributed by atoms with Crippen LogP contribution in [0.25, 0.3) is 0 Å². The van der Waals surface area contributed by atoms with Crippen LogP contribution in [0.1, 0.15) is 35.7 Å². The van der Waals surface area contributed by atoms with Crippen LogP contribution in [0.5, 0.6) is 0 Å².